The van der Waals surface area contributed by atoms with E-state index in [9.17, 15) is 14.4 Å². The third-order valence-corrected chi connectivity index (χ3v) is 6.81. The first-order valence-corrected chi connectivity index (χ1v) is 11.0. The molecule has 2 unspecified atom stereocenters. The lowest BCUT2D eigenvalue weighted by Gasteiger charge is -2.29. The number of cyclic esters (lactones) is 2. The summed E-state index contributed by atoms with van der Waals surface area (Å²) in [6.07, 6.45) is 8.52. The number of Topliss-reactive ketones (excluding diaryl/α,β-unsaturated/α-hetero) is 1. The van der Waals surface area contributed by atoms with Gasteiger partial charge in [-0.15, -0.1) is 0 Å². The van der Waals surface area contributed by atoms with Crippen LogP contribution in [0, 0.1) is 22.7 Å². The molecule has 0 saturated carbocycles. The number of hydrogen-bond acceptors (Lipinski definition) is 5. The first-order chi connectivity index (χ1) is 13.1. The van der Waals surface area contributed by atoms with Crippen LogP contribution in [0.3, 0.4) is 0 Å². The summed E-state index contributed by atoms with van der Waals surface area (Å²) in [7, 11) is 0. The molecule has 5 nitrogen and oxygen atoms in total. The zero-order chi connectivity index (χ0) is 20.8. The van der Waals surface area contributed by atoms with Gasteiger partial charge in [0.15, 0.2) is 0 Å². The van der Waals surface area contributed by atoms with Crippen molar-refractivity contribution < 1.29 is 23.9 Å². The second-order valence-electron chi connectivity index (χ2n) is 9.95. The van der Waals surface area contributed by atoms with Crippen LogP contribution < -0.4 is 0 Å². The fraction of sp³-hybridized carbons (Fsp3) is 0.875. The van der Waals surface area contributed by atoms with Gasteiger partial charge in [0, 0.05) is 12.8 Å². The van der Waals surface area contributed by atoms with Gasteiger partial charge in [-0.25, -0.2) is 0 Å². The van der Waals surface area contributed by atoms with Crippen LogP contribution in [0.2, 0.25) is 0 Å². The summed E-state index contributed by atoms with van der Waals surface area (Å²) < 4.78 is 10.2. The van der Waals surface area contributed by atoms with Crippen LogP contribution in [0.25, 0.3) is 0 Å². The molecule has 0 aromatic carbocycles. The largest absolute Gasteiger partial charge is 0.465 e. The topological polar surface area (TPSA) is 69.7 Å². The lowest BCUT2D eigenvalue weighted by molar-refractivity contribution is -0.145. The standard InChI is InChI=1S/C23H38O5.CH4/c1-22(2,18-11-15-27-20(18)25)13-7-5-9-17(24)10-6-8-14-23(3,4)19-12-16-28-21(19)26;/h18-19H,5-16H2,1-4H3;1H4. The van der Waals surface area contributed by atoms with Crippen LogP contribution in [0.1, 0.15) is 99.3 Å². The summed E-state index contributed by atoms with van der Waals surface area (Å²) in [5, 5.41) is 0. The Morgan fingerprint density at radius 1 is 0.793 bits per heavy atom. The summed E-state index contributed by atoms with van der Waals surface area (Å²) in [5.74, 6) is 0.216. The quantitative estimate of drug-likeness (QED) is 0.314. The highest BCUT2D eigenvalue weighted by Gasteiger charge is 2.40. The highest BCUT2D eigenvalue weighted by atomic mass is 16.5. The second kappa shape index (κ2) is 11.1. The molecule has 2 saturated heterocycles. The van der Waals surface area contributed by atoms with Gasteiger partial charge >= 0.3 is 11.9 Å². The monoisotopic (exact) mass is 410 g/mol. The number of carbonyl (C=O) groups is 3. The summed E-state index contributed by atoms with van der Waals surface area (Å²) >= 11 is 0. The molecule has 5 heteroatoms. The van der Waals surface area contributed by atoms with Gasteiger partial charge in [-0.05, 0) is 49.4 Å². The normalized spacial score (nSPS) is 22.2. The number of ketones is 1. The molecule has 0 spiro atoms. The van der Waals surface area contributed by atoms with Gasteiger partial charge in [-0.3, -0.25) is 14.4 Å². The molecule has 0 radical (unpaired) electrons. The summed E-state index contributed by atoms with van der Waals surface area (Å²) in [4.78, 5) is 35.7. The number of rotatable bonds is 12. The molecule has 0 N–H and O–H groups in total. The van der Waals surface area contributed by atoms with Crippen LogP contribution in [0.4, 0.5) is 0 Å². The zero-order valence-corrected chi connectivity index (χ0v) is 18.2. The molecule has 2 aliphatic heterocycles. The van der Waals surface area contributed by atoms with E-state index in [4.69, 9.17) is 9.47 Å². The van der Waals surface area contributed by atoms with Gasteiger partial charge in [0.05, 0.1) is 25.0 Å². The Balaban J connectivity index is 0.00000420. The van der Waals surface area contributed by atoms with Crippen LogP contribution >= 0.6 is 0 Å². The molecule has 0 amide bonds. The molecule has 29 heavy (non-hydrogen) atoms. The lowest BCUT2D eigenvalue weighted by Crippen LogP contribution is -2.27. The van der Waals surface area contributed by atoms with Crippen LogP contribution in [-0.2, 0) is 23.9 Å². The lowest BCUT2D eigenvalue weighted by atomic mass is 9.74. The van der Waals surface area contributed by atoms with Crippen molar-refractivity contribution in [2.24, 2.45) is 22.7 Å². The number of hydrogen-bond donors (Lipinski definition) is 0. The van der Waals surface area contributed by atoms with Crippen molar-refractivity contribution in [3.8, 4) is 0 Å². The van der Waals surface area contributed by atoms with E-state index in [1.165, 1.54) is 0 Å². The van der Waals surface area contributed by atoms with Gasteiger partial charge in [-0.1, -0.05) is 48.0 Å². The first-order valence-electron chi connectivity index (χ1n) is 11.0. The molecular formula is C24H42O5. The van der Waals surface area contributed by atoms with E-state index in [1.54, 1.807) is 0 Å². The Morgan fingerprint density at radius 2 is 1.17 bits per heavy atom. The van der Waals surface area contributed by atoms with Crippen LogP contribution in [0.15, 0.2) is 0 Å². The highest BCUT2D eigenvalue weighted by molar-refractivity contribution is 5.78. The van der Waals surface area contributed by atoms with Gasteiger partial charge < -0.3 is 9.47 Å². The average Bonchev–Trinajstić information content (AvgIpc) is 3.24. The minimum Gasteiger partial charge on any atom is -0.465 e. The molecule has 0 bridgehead atoms. The Hall–Kier alpha value is -1.39. The second-order valence-corrected chi connectivity index (χ2v) is 9.95. The fourth-order valence-corrected chi connectivity index (χ4v) is 4.69. The maximum Gasteiger partial charge on any atom is 0.309 e. The van der Waals surface area contributed by atoms with E-state index < -0.39 is 0 Å². The van der Waals surface area contributed by atoms with Crippen molar-refractivity contribution in [2.75, 3.05) is 13.2 Å². The predicted octanol–water partition coefficient (Wildman–Crippen LogP) is 5.49. The Morgan fingerprint density at radius 3 is 1.48 bits per heavy atom. The number of ether oxygens (including phenoxy) is 2. The molecule has 0 aliphatic carbocycles. The molecule has 0 aromatic heterocycles. The molecule has 2 fully saturated rings. The molecule has 0 aromatic rings. The van der Waals surface area contributed by atoms with Crippen molar-refractivity contribution in [1.82, 2.24) is 0 Å². The molecule has 2 atom stereocenters. The van der Waals surface area contributed by atoms with Crippen molar-refractivity contribution in [3.05, 3.63) is 0 Å². The first kappa shape index (κ1) is 25.6. The van der Waals surface area contributed by atoms with E-state index in [2.05, 4.69) is 27.7 Å². The van der Waals surface area contributed by atoms with E-state index >= 15 is 0 Å². The Bertz CT molecular complexity index is 516. The van der Waals surface area contributed by atoms with Crippen molar-refractivity contribution >= 4 is 17.7 Å². The molecule has 2 aliphatic rings. The fourth-order valence-electron chi connectivity index (χ4n) is 4.69. The molecule has 168 valence electrons. The SMILES string of the molecule is C.CC(C)(CCCCC(=O)CCCCC(C)(C)C1CCOC1=O)C1CCOC1=O. The van der Waals surface area contributed by atoms with Gasteiger partial charge in [0.1, 0.15) is 5.78 Å². The maximum atomic E-state index is 12.2. The van der Waals surface area contributed by atoms with Crippen LogP contribution in [-0.4, -0.2) is 30.9 Å². The van der Waals surface area contributed by atoms with Crippen molar-refractivity contribution in [2.45, 2.75) is 99.3 Å². The highest BCUT2D eigenvalue weighted by Crippen LogP contribution is 2.39. The Kier molecular flexibility index (Phi) is 9.84. The van der Waals surface area contributed by atoms with E-state index in [0.29, 0.717) is 31.8 Å². The van der Waals surface area contributed by atoms with E-state index in [1.807, 2.05) is 0 Å². The molecule has 2 heterocycles. The third-order valence-electron chi connectivity index (χ3n) is 6.81. The maximum absolute atomic E-state index is 12.2. The van der Waals surface area contributed by atoms with Gasteiger partial charge in [0.25, 0.3) is 0 Å². The average molecular weight is 411 g/mol. The van der Waals surface area contributed by atoms with Crippen molar-refractivity contribution in [3.63, 3.8) is 0 Å². The zero-order valence-electron chi connectivity index (χ0n) is 18.2. The van der Waals surface area contributed by atoms with Crippen LogP contribution in [0.5, 0.6) is 0 Å². The molecular weight excluding hydrogens is 368 g/mol. The molecule has 2 rings (SSSR count). The number of esters is 2. The summed E-state index contributed by atoms with van der Waals surface area (Å²) in [6.45, 7) is 9.62. The summed E-state index contributed by atoms with van der Waals surface area (Å²) in [6, 6.07) is 0. The van der Waals surface area contributed by atoms with Gasteiger partial charge in [-0.2, -0.15) is 0 Å². The Labute approximate surface area is 177 Å². The minimum absolute atomic E-state index is 0. The third kappa shape index (κ3) is 7.42. The minimum atomic E-state index is -0.0603. The number of carbonyl (C=O) groups excluding carboxylic acids is 3. The van der Waals surface area contributed by atoms with Gasteiger partial charge in [0.2, 0.25) is 0 Å². The predicted molar refractivity (Wildman–Crippen MR) is 114 cm³/mol. The van der Waals surface area contributed by atoms with Crippen molar-refractivity contribution in [1.29, 1.82) is 0 Å². The summed E-state index contributed by atoms with van der Waals surface area (Å²) in [5.41, 5.74) is -0.104. The number of unbranched alkanes of at least 4 members (excludes halogenated alkanes) is 2. The van der Waals surface area contributed by atoms with E-state index in [0.717, 1.165) is 51.4 Å². The smallest absolute Gasteiger partial charge is 0.309 e. The van der Waals surface area contributed by atoms with E-state index in [-0.39, 0.29) is 42.0 Å².